The summed E-state index contributed by atoms with van der Waals surface area (Å²) in [6.45, 7) is 2.18. The molecule has 1 aliphatic rings. The summed E-state index contributed by atoms with van der Waals surface area (Å²) in [6, 6.07) is 13.6. The van der Waals surface area contributed by atoms with Gasteiger partial charge in [-0.05, 0) is 36.3 Å². The Bertz CT molecular complexity index is 910. The van der Waals surface area contributed by atoms with Gasteiger partial charge in [-0.1, -0.05) is 75.1 Å². The predicted octanol–water partition coefficient (Wildman–Crippen LogP) is 7.22. The lowest BCUT2D eigenvalue weighted by molar-refractivity contribution is 0.359. The van der Waals surface area contributed by atoms with Crippen LogP contribution in [0.3, 0.4) is 0 Å². The fraction of sp³-hybridized carbons (Fsp3) is 0.391. The van der Waals surface area contributed by atoms with Crippen molar-refractivity contribution in [1.82, 2.24) is 0 Å². The lowest BCUT2D eigenvalue weighted by Crippen LogP contribution is -1.98. The second-order valence-corrected chi connectivity index (χ2v) is 10.2. The summed E-state index contributed by atoms with van der Waals surface area (Å²) in [5.74, 6) is 1.15. The molecule has 1 unspecified atom stereocenters. The maximum absolute atomic E-state index is 12.8. The maximum atomic E-state index is 12.8. The van der Waals surface area contributed by atoms with E-state index in [9.17, 15) is 9.46 Å². The third-order valence-corrected chi connectivity index (χ3v) is 7.50. The Balaban J connectivity index is 1.82. The van der Waals surface area contributed by atoms with Gasteiger partial charge in [0.2, 0.25) is 0 Å². The molecule has 0 radical (unpaired) electrons. The Labute approximate surface area is 177 Å². The highest BCUT2D eigenvalue weighted by Crippen LogP contribution is 2.52. The highest BCUT2D eigenvalue weighted by Gasteiger charge is 2.27. The fourth-order valence-corrected chi connectivity index (χ4v) is 5.68. The van der Waals surface area contributed by atoms with Crippen LogP contribution >= 0.6 is 19.4 Å². The van der Waals surface area contributed by atoms with Gasteiger partial charge in [0.15, 0.2) is 0 Å². The SMILES string of the molecule is CCCCCCCCP(=O)(O)OC1=Cc2ccccc2Sc2c(OC)cccc21. The van der Waals surface area contributed by atoms with Gasteiger partial charge in [-0.2, -0.15) is 0 Å². The summed E-state index contributed by atoms with van der Waals surface area (Å²) in [7, 11) is -2.11. The summed E-state index contributed by atoms with van der Waals surface area (Å²) in [5, 5.41) is 0. The van der Waals surface area contributed by atoms with Crippen LogP contribution in [-0.2, 0) is 9.09 Å². The Morgan fingerprint density at radius 2 is 1.76 bits per heavy atom. The molecule has 0 spiro atoms. The van der Waals surface area contributed by atoms with Gasteiger partial charge in [0, 0.05) is 10.5 Å². The topological polar surface area (TPSA) is 55.8 Å². The minimum absolute atomic E-state index is 0.171. The number of fused-ring (bicyclic) bond motifs is 2. The summed E-state index contributed by atoms with van der Waals surface area (Å²) >= 11 is 1.58. The number of rotatable bonds is 10. The van der Waals surface area contributed by atoms with Crippen LogP contribution in [-0.4, -0.2) is 18.2 Å². The van der Waals surface area contributed by atoms with Crippen LogP contribution in [0.25, 0.3) is 11.8 Å². The molecule has 6 heteroatoms. The van der Waals surface area contributed by atoms with E-state index < -0.39 is 7.60 Å². The predicted molar refractivity (Wildman–Crippen MR) is 121 cm³/mol. The van der Waals surface area contributed by atoms with Crippen molar-refractivity contribution in [1.29, 1.82) is 0 Å². The molecule has 29 heavy (non-hydrogen) atoms. The summed E-state index contributed by atoms with van der Waals surface area (Å²) in [6.07, 6.45) is 8.37. The zero-order valence-electron chi connectivity index (χ0n) is 17.1. The number of methoxy groups -OCH3 is 1. The Morgan fingerprint density at radius 3 is 2.55 bits per heavy atom. The monoisotopic (exact) mass is 432 g/mol. The zero-order chi connectivity index (χ0) is 20.7. The lowest BCUT2D eigenvalue weighted by atomic mass is 10.1. The van der Waals surface area contributed by atoms with Crippen molar-refractivity contribution in [3.05, 3.63) is 53.6 Å². The van der Waals surface area contributed by atoms with Crippen LogP contribution < -0.4 is 4.74 Å². The molecule has 4 nitrogen and oxygen atoms in total. The molecule has 156 valence electrons. The molecule has 0 amide bonds. The van der Waals surface area contributed by atoms with Crippen LogP contribution in [0, 0.1) is 0 Å². The van der Waals surface area contributed by atoms with Crippen molar-refractivity contribution >= 4 is 31.2 Å². The largest absolute Gasteiger partial charge is 0.496 e. The minimum Gasteiger partial charge on any atom is -0.496 e. The highest BCUT2D eigenvalue weighted by molar-refractivity contribution is 7.99. The molecule has 1 N–H and O–H groups in total. The smallest absolute Gasteiger partial charge is 0.376 e. The van der Waals surface area contributed by atoms with Crippen LogP contribution in [0.2, 0.25) is 0 Å². The van der Waals surface area contributed by atoms with Gasteiger partial charge in [-0.3, -0.25) is 0 Å². The third kappa shape index (κ3) is 5.91. The third-order valence-electron chi connectivity index (χ3n) is 4.92. The zero-order valence-corrected chi connectivity index (χ0v) is 18.8. The number of hydrogen-bond acceptors (Lipinski definition) is 4. The number of ether oxygens (including phenoxy) is 1. The molecule has 0 aliphatic carbocycles. The van der Waals surface area contributed by atoms with Gasteiger partial charge < -0.3 is 14.2 Å². The molecule has 1 heterocycles. The van der Waals surface area contributed by atoms with Gasteiger partial charge in [0.25, 0.3) is 0 Å². The van der Waals surface area contributed by atoms with Crippen molar-refractivity contribution in [2.45, 2.75) is 55.2 Å². The van der Waals surface area contributed by atoms with Crippen LogP contribution in [0.15, 0.2) is 52.3 Å². The van der Waals surface area contributed by atoms with Gasteiger partial charge in [-0.15, -0.1) is 0 Å². The molecule has 0 saturated carbocycles. The van der Waals surface area contributed by atoms with E-state index in [1.807, 2.05) is 48.5 Å². The lowest BCUT2D eigenvalue weighted by Gasteiger charge is -2.18. The fourth-order valence-electron chi connectivity index (χ4n) is 3.36. The van der Waals surface area contributed by atoms with E-state index in [-0.39, 0.29) is 6.16 Å². The molecule has 2 aromatic carbocycles. The maximum Gasteiger partial charge on any atom is 0.376 e. The first-order valence-electron chi connectivity index (χ1n) is 10.2. The summed E-state index contributed by atoms with van der Waals surface area (Å²) < 4.78 is 24.1. The molecule has 3 rings (SSSR count). The normalized spacial score (nSPS) is 14.8. The molecule has 0 fully saturated rings. The van der Waals surface area contributed by atoms with Crippen molar-refractivity contribution < 1.29 is 18.7 Å². The van der Waals surface area contributed by atoms with E-state index in [4.69, 9.17) is 9.26 Å². The first-order chi connectivity index (χ1) is 14.0. The molecule has 1 aliphatic heterocycles. The molecular formula is C23H29O4PS. The quantitative estimate of drug-likeness (QED) is 0.317. The van der Waals surface area contributed by atoms with Gasteiger partial charge in [-0.25, -0.2) is 4.57 Å². The van der Waals surface area contributed by atoms with Crippen molar-refractivity contribution in [2.75, 3.05) is 13.3 Å². The van der Waals surface area contributed by atoms with Gasteiger partial charge in [0.1, 0.15) is 11.5 Å². The number of hydrogen-bond donors (Lipinski definition) is 1. The van der Waals surface area contributed by atoms with E-state index in [0.717, 1.165) is 39.5 Å². The molecule has 1 atom stereocenters. The summed E-state index contributed by atoms with van der Waals surface area (Å²) in [4.78, 5) is 12.5. The second kappa shape index (κ2) is 10.4. The Morgan fingerprint density at radius 1 is 1.00 bits per heavy atom. The van der Waals surface area contributed by atoms with Gasteiger partial charge >= 0.3 is 7.60 Å². The average molecular weight is 433 g/mol. The van der Waals surface area contributed by atoms with E-state index in [2.05, 4.69) is 6.92 Å². The molecule has 0 aromatic heterocycles. The molecular weight excluding hydrogens is 403 g/mol. The van der Waals surface area contributed by atoms with Crippen molar-refractivity contribution in [3.8, 4) is 5.75 Å². The van der Waals surface area contributed by atoms with Crippen LogP contribution in [0.1, 0.15) is 56.6 Å². The average Bonchev–Trinajstić information content (AvgIpc) is 2.86. The summed E-state index contributed by atoms with van der Waals surface area (Å²) in [5.41, 5.74) is 1.74. The van der Waals surface area contributed by atoms with E-state index >= 15 is 0 Å². The standard InChI is InChI=1S/C23H29O4PS/c1-3-4-5-6-7-10-16-28(24,25)27-21-17-18-12-8-9-15-22(18)29-23-19(21)13-11-14-20(23)26-2/h8-9,11-15,17H,3-7,10,16H2,1-2H3,(H,24,25). The van der Waals surface area contributed by atoms with Crippen molar-refractivity contribution in [3.63, 3.8) is 0 Å². The van der Waals surface area contributed by atoms with E-state index in [0.29, 0.717) is 12.2 Å². The van der Waals surface area contributed by atoms with E-state index in [1.54, 1.807) is 18.9 Å². The van der Waals surface area contributed by atoms with Crippen LogP contribution in [0.4, 0.5) is 0 Å². The van der Waals surface area contributed by atoms with Crippen molar-refractivity contribution in [2.24, 2.45) is 0 Å². The second-order valence-electron chi connectivity index (χ2n) is 7.21. The molecule has 2 aromatic rings. The first kappa shape index (κ1) is 22.0. The Kier molecular flexibility index (Phi) is 7.88. The number of unbranched alkanes of at least 4 members (excludes halogenated alkanes) is 5. The van der Waals surface area contributed by atoms with Gasteiger partial charge in [0.05, 0.1) is 18.2 Å². The number of benzene rings is 2. The van der Waals surface area contributed by atoms with E-state index in [1.165, 1.54) is 19.3 Å². The highest BCUT2D eigenvalue weighted by atomic mass is 32.2. The minimum atomic E-state index is -3.75. The van der Waals surface area contributed by atoms with Crippen LogP contribution in [0.5, 0.6) is 5.75 Å². The Hall–Kier alpha value is -1.68. The first-order valence-corrected chi connectivity index (χ1v) is 12.8. The molecule has 0 saturated heterocycles. The molecule has 0 bridgehead atoms.